The zero-order valence-corrected chi connectivity index (χ0v) is 7.10. The molecule has 0 aliphatic heterocycles. The quantitative estimate of drug-likeness (QED) is 0.307. The highest BCUT2D eigenvalue weighted by Gasteiger charge is 2.09. The summed E-state index contributed by atoms with van der Waals surface area (Å²) in [7, 11) is 21.7. The van der Waals surface area contributed by atoms with Gasteiger partial charge in [-0.15, -0.1) is 23.6 Å². The molecule has 0 saturated carbocycles. The molecule has 1 N–H and O–H groups in total. The summed E-state index contributed by atoms with van der Waals surface area (Å²) in [5.41, 5.74) is 0.382. The minimum atomic E-state index is -0.234. The zero-order chi connectivity index (χ0) is 9.46. The predicted octanol–water partition coefficient (Wildman–Crippen LogP) is -3.14. The van der Waals surface area contributed by atoms with Gasteiger partial charge in [0.2, 0.25) is 0 Å². The SMILES string of the molecule is [B]c1c([B])c([B])c(S)c(O)c1[B]. The Labute approximate surface area is 82.0 Å². The fourth-order valence-corrected chi connectivity index (χ4v) is 1.04. The first-order valence-electron chi connectivity index (χ1n) is 3.10. The van der Waals surface area contributed by atoms with Gasteiger partial charge < -0.3 is 5.11 Å². The second-order valence-electron chi connectivity index (χ2n) is 2.35. The fraction of sp³-hybridized carbons (Fsp3) is 0. The molecule has 1 nitrogen and oxygen atoms in total. The zero-order valence-electron chi connectivity index (χ0n) is 6.20. The third kappa shape index (κ3) is 1.28. The van der Waals surface area contributed by atoms with Gasteiger partial charge in [-0.2, -0.15) is 0 Å². The first-order chi connectivity index (χ1) is 5.46. The van der Waals surface area contributed by atoms with Crippen molar-refractivity contribution in [3.63, 3.8) is 0 Å². The van der Waals surface area contributed by atoms with Gasteiger partial charge in [0.15, 0.2) is 0 Å². The van der Waals surface area contributed by atoms with Crippen molar-refractivity contribution in [3.8, 4) is 5.75 Å². The number of hydrogen-bond acceptors (Lipinski definition) is 2. The highest BCUT2D eigenvalue weighted by Crippen LogP contribution is 2.11. The van der Waals surface area contributed by atoms with E-state index in [1.54, 1.807) is 0 Å². The predicted molar refractivity (Wildman–Crippen MR) is 56.9 cm³/mol. The van der Waals surface area contributed by atoms with E-state index in [-0.39, 0.29) is 32.5 Å². The lowest BCUT2D eigenvalue weighted by atomic mass is 9.66. The number of thiol groups is 1. The topological polar surface area (TPSA) is 20.2 Å². The van der Waals surface area contributed by atoms with E-state index in [1.165, 1.54) is 0 Å². The van der Waals surface area contributed by atoms with E-state index in [2.05, 4.69) is 12.6 Å². The highest BCUT2D eigenvalue weighted by atomic mass is 32.1. The first-order valence-corrected chi connectivity index (χ1v) is 3.55. The molecule has 50 valence electrons. The minimum Gasteiger partial charge on any atom is -0.507 e. The summed E-state index contributed by atoms with van der Waals surface area (Å²) in [5.74, 6) is -0.234. The average Bonchev–Trinajstić information content (AvgIpc) is 2.08. The van der Waals surface area contributed by atoms with E-state index in [9.17, 15) is 5.11 Å². The van der Waals surface area contributed by atoms with Crippen LogP contribution < -0.4 is 21.9 Å². The molecule has 1 rings (SSSR count). The molecule has 1 aromatic rings. The molecule has 0 unspecified atom stereocenters. The van der Waals surface area contributed by atoms with Crippen molar-refractivity contribution in [2.75, 3.05) is 0 Å². The molecule has 12 heavy (non-hydrogen) atoms. The maximum absolute atomic E-state index is 9.28. The Morgan fingerprint density at radius 1 is 0.833 bits per heavy atom. The molecule has 0 fully saturated rings. The summed E-state index contributed by atoms with van der Waals surface area (Å²) in [5, 5.41) is 9.28. The van der Waals surface area contributed by atoms with Crippen molar-refractivity contribution in [1.82, 2.24) is 0 Å². The van der Waals surface area contributed by atoms with Crippen molar-refractivity contribution >= 4 is 65.9 Å². The number of rotatable bonds is 0. The largest absolute Gasteiger partial charge is 0.507 e. The third-order valence-corrected chi connectivity index (χ3v) is 2.06. The molecular formula is C6H2B4OS. The number of benzene rings is 1. The molecule has 1 aromatic carbocycles. The number of hydrogen-bond donors (Lipinski definition) is 2. The Balaban J connectivity index is 3.60. The molecule has 0 atom stereocenters. The summed E-state index contributed by atoms with van der Waals surface area (Å²) in [6.45, 7) is 0. The van der Waals surface area contributed by atoms with Crippen LogP contribution >= 0.6 is 12.6 Å². The van der Waals surface area contributed by atoms with Crippen molar-refractivity contribution < 1.29 is 5.11 Å². The van der Waals surface area contributed by atoms with Gasteiger partial charge in [0.1, 0.15) is 37.1 Å². The molecule has 0 aliphatic rings. The highest BCUT2D eigenvalue weighted by molar-refractivity contribution is 7.80. The molecular weight excluding hydrogens is 163 g/mol. The normalized spacial score (nSPS) is 10.1. The molecule has 0 amide bonds. The van der Waals surface area contributed by atoms with Gasteiger partial charge in [-0.1, -0.05) is 10.9 Å². The smallest absolute Gasteiger partial charge is 0.120 e. The van der Waals surface area contributed by atoms with Crippen molar-refractivity contribution in [1.29, 1.82) is 0 Å². The van der Waals surface area contributed by atoms with Crippen LogP contribution in [0.2, 0.25) is 0 Å². The lowest BCUT2D eigenvalue weighted by Gasteiger charge is -2.15. The van der Waals surface area contributed by atoms with E-state index >= 15 is 0 Å². The van der Waals surface area contributed by atoms with E-state index in [0.717, 1.165) is 0 Å². The van der Waals surface area contributed by atoms with Crippen LogP contribution in [0.4, 0.5) is 0 Å². The maximum atomic E-state index is 9.28. The standard InChI is InChI=1S/C6H2B4OS/c7-1-2(8)4(10)6(12)5(11)3(1)9/h11-12H. The molecule has 0 saturated heterocycles. The monoisotopic (exact) mass is 166 g/mol. The molecule has 0 heterocycles. The van der Waals surface area contributed by atoms with Crippen LogP contribution in [0.1, 0.15) is 0 Å². The summed E-state index contributed by atoms with van der Waals surface area (Å²) >= 11 is 3.91. The summed E-state index contributed by atoms with van der Waals surface area (Å²) < 4.78 is 0. The van der Waals surface area contributed by atoms with Crippen LogP contribution in [0.3, 0.4) is 0 Å². The minimum absolute atomic E-state index is 0.00620. The van der Waals surface area contributed by atoms with Gasteiger partial charge >= 0.3 is 0 Å². The van der Waals surface area contributed by atoms with Gasteiger partial charge in [-0.3, -0.25) is 0 Å². The van der Waals surface area contributed by atoms with Crippen LogP contribution in [-0.2, 0) is 0 Å². The molecule has 0 spiro atoms. The summed E-state index contributed by atoms with van der Waals surface area (Å²) in [4.78, 5) is 0.152. The van der Waals surface area contributed by atoms with E-state index < -0.39 is 0 Å². The van der Waals surface area contributed by atoms with Gasteiger partial charge in [0.05, 0.1) is 0 Å². The maximum Gasteiger partial charge on any atom is 0.120 e. The van der Waals surface area contributed by atoms with E-state index in [4.69, 9.17) is 31.4 Å². The average molecular weight is 165 g/mol. The number of aromatic hydroxyl groups is 1. The Morgan fingerprint density at radius 3 is 1.75 bits per heavy atom. The fourth-order valence-electron chi connectivity index (χ4n) is 0.800. The lowest BCUT2D eigenvalue weighted by Crippen LogP contribution is -2.47. The third-order valence-electron chi connectivity index (χ3n) is 1.61. The molecule has 0 aromatic heterocycles. The summed E-state index contributed by atoms with van der Waals surface area (Å²) in [6, 6.07) is 0. The Hall–Kier alpha value is -0.370. The Bertz CT molecular complexity index is 234. The second-order valence-corrected chi connectivity index (χ2v) is 2.80. The van der Waals surface area contributed by atoms with Crippen LogP contribution in [0, 0.1) is 0 Å². The van der Waals surface area contributed by atoms with Gasteiger partial charge in [-0.05, 0) is 0 Å². The molecule has 8 radical (unpaired) electrons. The summed E-state index contributed by atoms with van der Waals surface area (Å²) in [6.07, 6.45) is 0. The molecule has 0 aliphatic carbocycles. The van der Waals surface area contributed by atoms with Crippen molar-refractivity contribution in [3.05, 3.63) is 0 Å². The first kappa shape index (κ1) is 9.72. The van der Waals surface area contributed by atoms with Crippen LogP contribution in [0.5, 0.6) is 5.75 Å². The van der Waals surface area contributed by atoms with Gasteiger partial charge in [0, 0.05) is 4.90 Å². The van der Waals surface area contributed by atoms with Crippen LogP contribution in [0.25, 0.3) is 0 Å². The number of phenols is 1. The van der Waals surface area contributed by atoms with Gasteiger partial charge in [0.25, 0.3) is 0 Å². The Morgan fingerprint density at radius 2 is 1.25 bits per heavy atom. The second kappa shape index (κ2) is 3.17. The van der Waals surface area contributed by atoms with Gasteiger partial charge in [-0.25, -0.2) is 0 Å². The lowest BCUT2D eigenvalue weighted by molar-refractivity contribution is 0.469. The van der Waals surface area contributed by atoms with E-state index in [1.807, 2.05) is 0 Å². The van der Waals surface area contributed by atoms with Crippen LogP contribution in [-0.4, -0.2) is 36.5 Å². The van der Waals surface area contributed by atoms with Crippen LogP contribution in [0.15, 0.2) is 4.90 Å². The number of phenolic OH excluding ortho intramolecular Hbond substituents is 1. The van der Waals surface area contributed by atoms with Crippen molar-refractivity contribution in [2.45, 2.75) is 4.90 Å². The van der Waals surface area contributed by atoms with E-state index in [0.29, 0.717) is 0 Å². The van der Waals surface area contributed by atoms with Crippen molar-refractivity contribution in [2.24, 2.45) is 0 Å². The molecule has 6 heteroatoms. The Kier molecular flexibility index (Phi) is 2.57. The molecule has 0 bridgehead atoms.